The molecule has 1 nitrogen and oxygen atoms in total. The van der Waals surface area contributed by atoms with Crippen LogP contribution in [0.15, 0.2) is 61.3 Å². The number of aryl methyl sites for hydroxylation is 1. The zero-order chi connectivity index (χ0) is 19.6. The molecule has 0 radical (unpaired) electrons. The smallest absolute Gasteiger partial charge is 0.168 e. The summed E-state index contributed by atoms with van der Waals surface area (Å²) < 4.78 is 56.6. The van der Waals surface area contributed by atoms with Crippen LogP contribution in [0.5, 0.6) is 0 Å². The van der Waals surface area contributed by atoms with Gasteiger partial charge in [0.15, 0.2) is 23.3 Å². The third kappa shape index (κ3) is 3.64. The average molecular weight is 372 g/mol. The van der Waals surface area contributed by atoms with Gasteiger partial charge in [0, 0.05) is 16.7 Å². The quantitative estimate of drug-likeness (QED) is 0.601. The molecule has 138 valence electrons. The molecule has 3 aromatic rings. The van der Waals surface area contributed by atoms with Gasteiger partial charge >= 0.3 is 0 Å². The Morgan fingerprint density at radius 1 is 0.741 bits per heavy atom. The molecule has 0 unspecified atom stereocenters. The van der Waals surface area contributed by atoms with Crippen LogP contribution in [0.3, 0.4) is 0 Å². The molecule has 0 bridgehead atoms. The summed E-state index contributed by atoms with van der Waals surface area (Å²) in [5.41, 5.74) is 1.59. The van der Waals surface area contributed by atoms with Gasteiger partial charge in [-0.05, 0) is 36.3 Å². The second-order valence-electron chi connectivity index (χ2n) is 6.21. The fourth-order valence-electron chi connectivity index (χ4n) is 2.88. The van der Waals surface area contributed by atoms with Gasteiger partial charge < -0.3 is 5.32 Å². The molecular weight excluding hydrogens is 354 g/mol. The average Bonchev–Trinajstić information content (AvgIpc) is 2.68. The summed E-state index contributed by atoms with van der Waals surface area (Å²) in [5.74, 6) is -3.66. The highest BCUT2D eigenvalue weighted by molar-refractivity contribution is 5.71. The van der Waals surface area contributed by atoms with Crippen LogP contribution in [0.1, 0.15) is 11.1 Å². The van der Waals surface area contributed by atoms with Gasteiger partial charge in [0.2, 0.25) is 0 Å². The second kappa shape index (κ2) is 7.76. The summed E-state index contributed by atoms with van der Waals surface area (Å²) >= 11 is 0. The molecule has 0 amide bonds. The first kappa shape index (κ1) is 18.9. The monoisotopic (exact) mass is 372 g/mol. The zero-order valence-corrected chi connectivity index (χ0v) is 14.7. The van der Waals surface area contributed by atoms with Crippen LogP contribution >= 0.6 is 0 Å². The molecule has 0 saturated carbocycles. The minimum atomic E-state index is -0.940. The van der Waals surface area contributed by atoms with E-state index in [0.29, 0.717) is 11.1 Å². The summed E-state index contributed by atoms with van der Waals surface area (Å²) in [7, 11) is 0. The van der Waals surface area contributed by atoms with Crippen LogP contribution in [0, 0.1) is 30.2 Å². The lowest BCUT2D eigenvalue weighted by Crippen LogP contribution is -2.75. The first-order valence-electron chi connectivity index (χ1n) is 8.40. The Bertz CT molecular complexity index is 994. The van der Waals surface area contributed by atoms with E-state index in [0.717, 1.165) is 0 Å². The van der Waals surface area contributed by atoms with Gasteiger partial charge in [-0.2, -0.15) is 0 Å². The van der Waals surface area contributed by atoms with Crippen LogP contribution in [-0.2, 0) is 6.54 Å². The van der Waals surface area contributed by atoms with Gasteiger partial charge in [0.1, 0.15) is 6.54 Å². The summed E-state index contributed by atoms with van der Waals surface area (Å²) in [4.78, 5) is 0. The van der Waals surface area contributed by atoms with Crippen molar-refractivity contribution in [2.24, 2.45) is 0 Å². The molecular formula is C22H18F4N+. The van der Waals surface area contributed by atoms with Crippen LogP contribution in [-0.4, -0.2) is 0 Å². The van der Waals surface area contributed by atoms with E-state index in [-0.39, 0.29) is 28.8 Å². The summed E-state index contributed by atoms with van der Waals surface area (Å²) in [6.45, 7) is 5.26. The largest absolute Gasteiger partial charge is 0.317 e. The molecule has 0 aromatic heterocycles. The molecule has 0 atom stereocenters. The second-order valence-corrected chi connectivity index (χ2v) is 6.21. The minimum absolute atomic E-state index is 0.108. The Hall–Kier alpha value is -2.92. The Balaban J connectivity index is 1.96. The number of nitrogens with two attached hydrogens (primary N) is 1. The van der Waals surface area contributed by atoms with E-state index in [1.54, 1.807) is 29.6 Å². The first-order chi connectivity index (χ1) is 12.9. The molecule has 0 spiro atoms. The van der Waals surface area contributed by atoms with Crippen molar-refractivity contribution in [2.75, 3.05) is 0 Å². The summed E-state index contributed by atoms with van der Waals surface area (Å²) in [5, 5.41) is 1.64. The topological polar surface area (TPSA) is 16.6 Å². The summed E-state index contributed by atoms with van der Waals surface area (Å²) in [6.07, 6.45) is 1.52. The zero-order valence-electron chi connectivity index (χ0n) is 14.7. The van der Waals surface area contributed by atoms with Crippen molar-refractivity contribution in [3.05, 3.63) is 95.7 Å². The highest BCUT2D eigenvalue weighted by Crippen LogP contribution is 2.30. The van der Waals surface area contributed by atoms with E-state index in [2.05, 4.69) is 6.58 Å². The van der Waals surface area contributed by atoms with Gasteiger partial charge in [0.25, 0.3) is 0 Å². The highest BCUT2D eigenvalue weighted by atomic mass is 19.2. The van der Waals surface area contributed by atoms with Crippen LogP contribution in [0.4, 0.5) is 17.6 Å². The van der Waals surface area contributed by atoms with Crippen molar-refractivity contribution in [3.8, 4) is 22.3 Å². The number of hydrogen-bond donors (Lipinski definition) is 1. The third-order valence-corrected chi connectivity index (χ3v) is 4.45. The van der Waals surface area contributed by atoms with Crippen molar-refractivity contribution in [1.82, 2.24) is 0 Å². The van der Waals surface area contributed by atoms with Gasteiger partial charge in [-0.15, -0.1) is 0 Å². The molecule has 0 aliphatic heterocycles. The summed E-state index contributed by atoms with van der Waals surface area (Å²) in [6, 6.07) is 12.2. The predicted molar refractivity (Wildman–Crippen MR) is 97.7 cm³/mol. The standard InChI is InChI=1S/C22H17F4N/c1-3-27-12-16-9-11-18(22(26)20(16)24)15-7-5-14(6-8-15)17-10-4-13(2)19(23)21(17)25/h3-11,27H,1,12H2,2H3/p+1. The Morgan fingerprint density at radius 2 is 1.26 bits per heavy atom. The van der Waals surface area contributed by atoms with Crippen molar-refractivity contribution < 1.29 is 22.9 Å². The molecule has 0 heterocycles. The van der Waals surface area contributed by atoms with E-state index in [1.165, 1.54) is 37.4 Å². The lowest BCUT2D eigenvalue weighted by Gasteiger charge is -2.10. The van der Waals surface area contributed by atoms with E-state index in [1.807, 2.05) is 0 Å². The van der Waals surface area contributed by atoms with Gasteiger partial charge in [0.05, 0.1) is 6.20 Å². The Kier molecular flexibility index (Phi) is 5.42. The predicted octanol–water partition coefficient (Wildman–Crippen LogP) is 5.09. The number of halogens is 4. The maximum absolute atomic E-state index is 14.4. The molecule has 3 aromatic carbocycles. The molecule has 0 saturated heterocycles. The lowest BCUT2D eigenvalue weighted by molar-refractivity contribution is -0.604. The molecule has 3 rings (SSSR count). The molecule has 0 aliphatic rings. The number of rotatable bonds is 5. The fraction of sp³-hybridized carbons (Fsp3) is 0.0909. The normalized spacial score (nSPS) is 10.9. The van der Waals surface area contributed by atoms with Crippen LogP contribution < -0.4 is 5.32 Å². The highest BCUT2D eigenvalue weighted by Gasteiger charge is 2.16. The number of benzene rings is 3. The van der Waals surface area contributed by atoms with Gasteiger partial charge in [-0.1, -0.05) is 42.5 Å². The molecule has 0 fully saturated rings. The SMILES string of the molecule is C=C[NH2+]Cc1ccc(-c2ccc(-c3ccc(C)c(F)c3F)cc2)c(F)c1F. The lowest BCUT2D eigenvalue weighted by atomic mass is 9.98. The maximum Gasteiger partial charge on any atom is 0.168 e. The Labute approximate surface area is 155 Å². The van der Waals surface area contributed by atoms with Crippen molar-refractivity contribution in [1.29, 1.82) is 0 Å². The van der Waals surface area contributed by atoms with E-state index >= 15 is 0 Å². The minimum Gasteiger partial charge on any atom is -0.317 e. The van der Waals surface area contributed by atoms with Crippen LogP contribution in [0.2, 0.25) is 0 Å². The van der Waals surface area contributed by atoms with E-state index in [4.69, 9.17) is 0 Å². The van der Waals surface area contributed by atoms with Gasteiger partial charge in [-0.3, -0.25) is 0 Å². The van der Waals surface area contributed by atoms with E-state index < -0.39 is 23.3 Å². The van der Waals surface area contributed by atoms with Crippen molar-refractivity contribution in [2.45, 2.75) is 13.5 Å². The van der Waals surface area contributed by atoms with Crippen LogP contribution in [0.25, 0.3) is 22.3 Å². The molecule has 0 aliphatic carbocycles. The fourth-order valence-corrected chi connectivity index (χ4v) is 2.88. The third-order valence-electron chi connectivity index (χ3n) is 4.45. The maximum atomic E-state index is 14.4. The van der Waals surface area contributed by atoms with E-state index in [9.17, 15) is 17.6 Å². The molecule has 27 heavy (non-hydrogen) atoms. The number of hydrogen-bond acceptors (Lipinski definition) is 0. The van der Waals surface area contributed by atoms with Crippen molar-refractivity contribution in [3.63, 3.8) is 0 Å². The molecule has 2 N–H and O–H groups in total. The Morgan fingerprint density at radius 3 is 1.81 bits per heavy atom. The first-order valence-corrected chi connectivity index (χ1v) is 8.40. The van der Waals surface area contributed by atoms with Crippen molar-refractivity contribution >= 4 is 0 Å². The molecule has 5 heteroatoms. The van der Waals surface area contributed by atoms with Gasteiger partial charge in [-0.25, -0.2) is 17.6 Å². The number of quaternary nitrogens is 1.